The Labute approximate surface area is 199 Å². The first-order chi connectivity index (χ1) is 16.0. The molecule has 1 aromatic carbocycles. The predicted octanol–water partition coefficient (Wildman–Crippen LogP) is 4.80. The van der Waals surface area contributed by atoms with E-state index in [4.69, 9.17) is 0 Å². The molecule has 5 nitrogen and oxygen atoms in total. The number of rotatable bonds is 5. The topological polar surface area (TPSA) is 48.5 Å². The molecule has 0 spiro atoms. The average molecular weight is 475 g/mol. The minimum Gasteiger partial charge on any atom is -0.366 e. The molecule has 1 N–H and O–H groups in total. The van der Waals surface area contributed by atoms with Crippen LogP contribution in [0.1, 0.15) is 49.4 Å². The van der Waals surface area contributed by atoms with E-state index in [9.17, 15) is 18.0 Å². The third kappa shape index (κ3) is 4.78. The molecule has 1 aromatic heterocycles. The highest BCUT2D eigenvalue weighted by Gasteiger charge is 2.46. The highest BCUT2D eigenvalue weighted by Crippen LogP contribution is 2.41. The largest absolute Gasteiger partial charge is 0.413 e. The number of fused-ring (bicyclic) bond motifs is 1. The van der Waals surface area contributed by atoms with E-state index in [1.54, 1.807) is 6.07 Å². The van der Waals surface area contributed by atoms with E-state index in [2.05, 4.69) is 41.2 Å². The summed E-state index contributed by atoms with van der Waals surface area (Å²) < 4.78 is 42.2. The van der Waals surface area contributed by atoms with Crippen LogP contribution in [0.25, 0.3) is 0 Å². The van der Waals surface area contributed by atoms with E-state index in [1.165, 1.54) is 30.4 Å². The van der Waals surface area contributed by atoms with Gasteiger partial charge in [-0.05, 0) is 56.6 Å². The molecular formula is C26H33F3N4O. The molecule has 1 amide bonds. The number of amides is 1. The Hall–Kier alpha value is -2.61. The smallest absolute Gasteiger partial charge is 0.366 e. The Morgan fingerprint density at radius 1 is 1.18 bits per heavy atom. The Kier molecular flexibility index (Phi) is 6.64. The van der Waals surface area contributed by atoms with E-state index in [1.807, 2.05) is 19.2 Å². The van der Waals surface area contributed by atoms with Crippen molar-refractivity contribution in [2.45, 2.75) is 56.8 Å². The fraction of sp³-hybridized carbons (Fsp3) is 0.538. The Bertz CT molecular complexity index is 1010. The number of likely N-dealkylation sites (tertiary alicyclic amines) is 1. The first-order valence-corrected chi connectivity index (χ1v) is 11.8. The van der Waals surface area contributed by atoms with Gasteiger partial charge in [-0.25, -0.2) is 4.98 Å². The molecular weight excluding hydrogens is 441 g/mol. The lowest BCUT2D eigenvalue weighted by atomic mass is 9.83. The Morgan fingerprint density at radius 2 is 1.85 bits per heavy atom. The van der Waals surface area contributed by atoms with Crippen molar-refractivity contribution in [1.82, 2.24) is 14.8 Å². The number of nitrogens with one attached hydrogen (secondary N) is 1. The van der Waals surface area contributed by atoms with E-state index < -0.39 is 18.1 Å². The number of piperidine rings is 1. The zero-order chi connectivity index (χ0) is 24.7. The molecule has 1 aliphatic carbocycles. The maximum Gasteiger partial charge on any atom is 0.413 e. The number of hydrogen-bond donors (Lipinski definition) is 1. The summed E-state index contributed by atoms with van der Waals surface area (Å²) in [6.07, 6.45) is -1.38. The number of pyridine rings is 1. The van der Waals surface area contributed by atoms with Crippen LogP contribution in [-0.4, -0.2) is 60.1 Å². The summed E-state index contributed by atoms with van der Waals surface area (Å²) in [6, 6.07) is 9.35. The zero-order valence-electron chi connectivity index (χ0n) is 20.2. The molecule has 8 heteroatoms. The normalized spacial score (nSPS) is 21.7. The lowest BCUT2D eigenvalue weighted by Crippen LogP contribution is -2.45. The molecule has 4 rings (SSSR count). The maximum atomic E-state index is 14.1. The molecule has 1 fully saturated rings. The number of nitrogens with zero attached hydrogens (tertiary/aromatic N) is 3. The van der Waals surface area contributed by atoms with Crippen molar-refractivity contribution in [1.29, 1.82) is 0 Å². The predicted molar refractivity (Wildman–Crippen MR) is 127 cm³/mol. The number of anilines is 1. The lowest BCUT2D eigenvalue weighted by molar-refractivity contribution is -0.191. The second-order valence-electron chi connectivity index (χ2n) is 10.2. The van der Waals surface area contributed by atoms with Gasteiger partial charge in [-0.3, -0.25) is 4.79 Å². The van der Waals surface area contributed by atoms with Gasteiger partial charge in [0.1, 0.15) is 5.82 Å². The zero-order valence-corrected chi connectivity index (χ0v) is 20.2. The quantitative estimate of drug-likeness (QED) is 0.677. The first-order valence-electron chi connectivity index (χ1n) is 11.8. The summed E-state index contributed by atoms with van der Waals surface area (Å²) in [6.45, 7) is 5.75. The van der Waals surface area contributed by atoms with Gasteiger partial charge in [-0.1, -0.05) is 44.2 Å². The summed E-state index contributed by atoms with van der Waals surface area (Å²) in [5.41, 5.74) is 2.38. The van der Waals surface area contributed by atoms with Crippen LogP contribution in [0.4, 0.5) is 19.0 Å². The van der Waals surface area contributed by atoms with Crippen LogP contribution < -0.4 is 5.32 Å². The average Bonchev–Trinajstić information content (AvgIpc) is 3.04. The summed E-state index contributed by atoms with van der Waals surface area (Å²) in [5.74, 6) is -0.311. The molecule has 2 aromatic rings. The molecule has 2 heterocycles. The third-order valence-corrected chi connectivity index (χ3v) is 7.54. The van der Waals surface area contributed by atoms with Gasteiger partial charge in [0.05, 0.1) is 0 Å². The Morgan fingerprint density at radius 3 is 2.44 bits per heavy atom. The summed E-state index contributed by atoms with van der Waals surface area (Å²) >= 11 is 0. The van der Waals surface area contributed by atoms with Crippen LogP contribution in [0.2, 0.25) is 0 Å². The fourth-order valence-corrected chi connectivity index (χ4v) is 5.35. The number of carbonyl (C=O) groups is 1. The van der Waals surface area contributed by atoms with Gasteiger partial charge in [-0.2, -0.15) is 13.2 Å². The summed E-state index contributed by atoms with van der Waals surface area (Å²) in [4.78, 5) is 20.2. The fourth-order valence-electron chi connectivity index (χ4n) is 5.35. The first kappa shape index (κ1) is 24.5. The van der Waals surface area contributed by atoms with Crippen LogP contribution in [-0.2, 0) is 16.6 Å². The van der Waals surface area contributed by atoms with Gasteiger partial charge in [0.25, 0.3) is 0 Å². The van der Waals surface area contributed by atoms with Crippen molar-refractivity contribution >= 4 is 11.7 Å². The van der Waals surface area contributed by atoms with E-state index in [-0.39, 0.29) is 22.9 Å². The van der Waals surface area contributed by atoms with Crippen molar-refractivity contribution in [3.63, 3.8) is 0 Å². The maximum absolute atomic E-state index is 14.1. The molecule has 1 aliphatic heterocycles. The number of alkyl halides is 3. The van der Waals surface area contributed by atoms with Gasteiger partial charge in [0, 0.05) is 36.2 Å². The van der Waals surface area contributed by atoms with E-state index >= 15 is 0 Å². The molecule has 0 saturated carbocycles. The van der Waals surface area contributed by atoms with Crippen molar-refractivity contribution in [3.05, 3.63) is 59.3 Å². The summed E-state index contributed by atoms with van der Waals surface area (Å²) in [5, 5.41) is 3.41. The SMILES string of the molecule is CN1CCC(C(=O)N(C)C(c2ccc(NC3Cc4ccccc4C3(C)C)nc2)C(F)(F)F)CC1. The standard InChI is InChI=1S/C26H33F3N4O/c1-25(2)20-8-6-5-7-18(20)15-21(25)31-22-10-9-19(16-30-22)23(26(27,28)29)33(4)24(34)17-11-13-32(3)14-12-17/h5-10,16-17,21,23H,11-15H2,1-4H3,(H,30,31). The van der Waals surface area contributed by atoms with Crippen molar-refractivity contribution in [3.8, 4) is 0 Å². The highest BCUT2D eigenvalue weighted by molar-refractivity contribution is 5.79. The van der Waals surface area contributed by atoms with Gasteiger partial charge in [-0.15, -0.1) is 0 Å². The van der Waals surface area contributed by atoms with Gasteiger partial charge >= 0.3 is 6.18 Å². The molecule has 2 atom stereocenters. The minimum absolute atomic E-state index is 0.0317. The molecule has 0 radical (unpaired) electrons. The minimum atomic E-state index is -4.60. The molecule has 2 aliphatic rings. The molecule has 2 unspecified atom stereocenters. The van der Waals surface area contributed by atoms with Crippen LogP contribution in [0, 0.1) is 5.92 Å². The second kappa shape index (κ2) is 9.21. The second-order valence-corrected chi connectivity index (χ2v) is 10.2. The third-order valence-electron chi connectivity index (χ3n) is 7.54. The number of aromatic nitrogens is 1. The molecule has 1 saturated heterocycles. The van der Waals surface area contributed by atoms with Gasteiger partial charge in [0.15, 0.2) is 6.04 Å². The summed E-state index contributed by atoms with van der Waals surface area (Å²) in [7, 11) is 3.21. The van der Waals surface area contributed by atoms with Crippen LogP contribution in [0.5, 0.6) is 0 Å². The van der Waals surface area contributed by atoms with E-state index in [0.29, 0.717) is 31.7 Å². The van der Waals surface area contributed by atoms with Crippen molar-refractivity contribution < 1.29 is 18.0 Å². The van der Waals surface area contributed by atoms with Gasteiger partial charge < -0.3 is 15.1 Å². The number of benzene rings is 1. The Balaban J connectivity index is 1.50. The highest BCUT2D eigenvalue weighted by atomic mass is 19.4. The number of carbonyl (C=O) groups excluding carboxylic acids is 1. The van der Waals surface area contributed by atoms with Crippen LogP contribution in [0.3, 0.4) is 0 Å². The monoisotopic (exact) mass is 474 g/mol. The van der Waals surface area contributed by atoms with Crippen molar-refractivity contribution in [2.75, 3.05) is 32.5 Å². The molecule has 184 valence electrons. The number of halogens is 3. The molecule has 34 heavy (non-hydrogen) atoms. The van der Waals surface area contributed by atoms with E-state index in [0.717, 1.165) is 11.3 Å². The lowest BCUT2D eigenvalue weighted by Gasteiger charge is -2.35. The van der Waals surface area contributed by atoms with Crippen molar-refractivity contribution in [2.24, 2.45) is 5.92 Å². The van der Waals surface area contributed by atoms with Crippen LogP contribution >= 0.6 is 0 Å². The van der Waals surface area contributed by atoms with Gasteiger partial charge in [0.2, 0.25) is 5.91 Å². The number of hydrogen-bond acceptors (Lipinski definition) is 4. The van der Waals surface area contributed by atoms with Crippen LogP contribution in [0.15, 0.2) is 42.6 Å². The molecule has 0 bridgehead atoms.